The monoisotopic (exact) mass is 436 g/mol. The van der Waals surface area contributed by atoms with Crippen LogP contribution >= 0.6 is 0 Å². The van der Waals surface area contributed by atoms with Gasteiger partial charge in [-0.25, -0.2) is 12.8 Å². The molecule has 30 heavy (non-hydrogen) atoms. The zero-order valence-corrected chi connectivity index (χ0v) is 17.7. The zero-order valence-electron chi connectivity index (χ0n) is 16.8. The number of fused-ring (bicyclic) bond motifs is 1. The van der Waals surface area contributed by atoms with Gasteiger partial charge in [0.05, 0.1) is 18.1 Å². The second-order valence-electron chi connectivity index (χ2n) is 7.25. The first-order valence-electron chi connectivity index (χ1n) is 9.94. The molecule has 2 aromatic rings. The Morgan fingerprint density at radius 3 is 2.53 bits per heavy atom. The summed E-state index contributed by atoms with van der Waals surface area (Å²) in [7, 11) is -3.56. The smallest absolute Gasteiger partial charge is 0.243 e. The van der Waals surface area contributed by atoms with Crippen LogP contribution in [0, 0.1) is 5.82 Å². The van der Waals surface area contributed by atoms with Gasteiger partial charge < -0.3 is 14.2 Å². The Bertz CT molecular complexity index is 989. The SMILES string of the molecule is CCOc1ccc(S(=O)(=O)N2CCN(Cc3cc(F)cc4c3OCOC4)CC2)cc1. The van der Waals surface area contributed by atoms with Gasteiger partial charge in [-0.1, -0.05) is 0 Å². The highest BCUT2D eigenvalue weighted by Crippen LogP contribution is 2.31. The van der Waals surface area contributed by atoms with Crippen molar-refractivity contribution < 1.29 is 27.0 Å². The molecular weight excluding hydrogens is 411 g/mol. The molecule has 0 unspecified atom stereocenters. The number of hydrogen-bond acceptors (Lipinski definition) is 6. The van der Waals surface area contributed by atoms with Crippen LogP contribution in [-0.4, -0.2) is 57.2 Å². The van der Waals surface area contributed by atoms with E-state index in [4.69, 9.17) is 14.2 Å². The number of nitrogens with zero attached hydrogens (tertiary/aromatic N) is 2. The lowest BCUT2D eigenvalue weighted by Gasteiger charge is -2.34. The first kappa shape index (κ1) is 21.0. The van der Waals surface area contributed by atoms with Crippen molar-refractivity contribution in [3.63, 3.8) is 0 Å². The van der Waals surface area contributed by atoms with Crippen molar-refractivity contribution in [3.05, 3.63) is 53.3 Å². The first-order valence-corrected chi connectivity index (χ1v) is 11.4. The summed E-state index contributed by atoms with van der Waals surface area (Å²) in [6.07, 6.45) is 0. The summed E-state index contributed by atoms with van der Waals surface area (Å²) >= 11 is 0. The van der Waals surface area contributed by atoms with Crippen molar-refractivity contribution in [1.82, 2.24) is 9.21 Å². The van der Waals surface area contributed by atoms with E-state index in [9.17, 15) is 12.8 Å². The van der Waals surface area contributed by atoms with Crippen molar-refractivity contribution in [2.24, 2.45) is 0 Å². The molecular formula is C21H25FN2O5S. The average molecular weight is 437 g/mol. The standard InChI is InChI=1S/C21H25FN2O5S/c1-2-28-19-3-5-20(6-4-19)30(25,26)24-9-7-23(8-10-24)13-16-11-18(22)12-17-14-27-15-29-21(16)17/h3-6,11-12H,2,7-10,13-15H2,1H3. The lowest BCUT2D eigenvalue weighted by Crippen LogP contribution is -2.48. The maximum absolute atomic E-state index is 14.0. The summed E-state index contributed by atoms with van der Waals surface area (Å²) in [5, 5.41) is 0. The molecule has 0 atom stereocenters. The Balaban J connectivity index is 1.41. The summed E-state index contributed by atoms with van der Waals surface area (Å²) in [4.78, 5) is 2.37. The predicted molar refractivity (Wildman–Crippen MR) is 108 cm³/mol. The predicted octanol–water partition coefficient (Wildman–Crippen LogP) is 2.60. The molecule has 1 saturated heterocycles. The van der Waals surface area contributed by atoms with Crippen LogP contribution in [0.5, 0.6) is 11.5 Å². The second-order valence-corrected chi connectivity index (χ2v) is 9.19. The van der Waals surface area contributed by atoms with E-state index in [1.807, 2.05) is 6.92 Å². The van der Waals surface area contributed by atoms with E-state index in [2.05, 4.69) is 4.90 Å². The largest absolute Gasteiger partial charge is 0.494 e. The number of halogens is 1. The van der Waals surface area contributed by atoms with Crippen molar-refractivity contribution in [1.29, 1.82) is 0 Å². The first-order chi connectivity index (χ1) is 14.5. The molecule has 0 aliphatic carbocycles. The minimum absolute atomic E-state index is 0.153. The Labute approximate surface area is 176 Å². The van der Waals surface area contributed by atoms with Crippen molar-refractivity contribution >= 4 is 10.0 Å². The molecule has 0 N–H and O–H groups in total. The van der Waals surface area contributed by atoms with Crippen molar-refractivity contribution in [2.45, 2.75) is 25.0 Å². The van der Waals surface area contributed by atoms with Crippen LogP contribution in [0.2, 0.25) is 0 Å². The van der Waals surface area contributed by atoms with Crippen LogP contribution in [0.4, 0.5) is 4.39 Å². The van der Waals surface area contributed by atoms with E-state index < -0.39 is 10.0 Å². The van der Waals surface area contributed by atoms with Gasteiger partial charge in [-0.3, -0.25) is 4.90 Å². The van der Waals surface area contributed by atoms with Gasteiger partial charge in [-0.2, -0.15) is 4.31 Å². The highest BCUT2D eigenvalue weighted by Gasteiger charge is 2.29. The fraction of sp³-hybridized carbons (Fsp3) is 0.429. The third-order valence-electron chi connectivity index (χ3n) is 5.25. The summed E-state index contributed by atoms with van der Waals surface area (Å²) in [5.74, 6) is 0.994. The van der Waals surface area contributed by atoms with Crippen LogP contribution in [0.3, 0.4) is 0 Å². The van der Waals surface area contributed by atoms with Crippen LogP contribution < -0.4 is 9.47 Å². The lowest BCUT2D eigenvalue weighted by molar-refractivity contribution is -0.0178. The van der Waals surface area contributed by atoms with Crippen molar-refractivity contribution in [3.8, 4) is 11.5 Å². The molecule has 2 aromatic carbocycles. The fourth-order valence-electron chi connectivity index (χ4n) is 3.77. The van der Waals surface area contributed by atoms with Gasteiger partial charge in [0.2, 0.25) is 10.0 Å². The summed E-state index contributed by atoms with van der Waals surface area (Å²) in [6, 6.07) is 9.40. The van der Waals surface area contributed by atoms with Gasteiger partial charge in [0.25, 0.3) is 0 Å². The van der Waals surface area contributed by atoms with E-state index in [-0.39, 0.29) is 17.5 Å². The lowest BCUT2D eigenvalue weighted by atomic mass is 10.1. The molecule has 0 aromatic heterocycles. The van der Waals surface area contributed by atoms with E-state index in [0.717, 1.165) is 5.56 Å². The maximum Gasteiger partial charge on any atom is 0.243 e. The minimum atomic E-state index is -3.56. The number of ether oxygens (including phenoxy) is 3. The van der Waals surface area contributed by atoms with Crippen LogP contribution in [0.1, 0.15) is 18.1 Å². The number of benzene rings is 2. The van der Waals surface area contributed by atoms with Gasteiger partial charge >= 0.3 is 0 Å². The Hall–Kier alpha value is -2.20. The van der Waals surface area contributed by atoms with Gasteiger partial charge in [0.1, 0.15) is 17.3 Å². The van der Waals surface area contributed by atoms with Crippen molar-refractivity contribution in [2.75, 3.05) is 39.6 Å². The maximum atomic E-state index is 14.0. The molecule has 2 aliphatic heterocycles. The molecule has 9 heteroatoms. The van der Waals surface area contributed by atoms with Gasteiger partial charge in [0, 0.05) is 43.9 Å². The molecule has 2 heterocycles. The van der Waals surface area contributed by atoms with E-state index >= 15 is 0 Å². The van der Waals surface area contributed by atoms with Gasteiger partial charge in [0.15, 0.2) is 6.79 Å². The Kier molecular flexibility index (Phi) is 6.24. The molecule has 2 aliphatic rings. The quantitative estimate of drug-likeness (QED) is 0.694. The van der Waals surface area contributed by atoms with Gasteiger partial charge in [-0.15, -0.1) is 0 Å². The summed E-state index contributed by atoms with van der Waals surface area (Å²) < 4.78 is 57.5. The third-order valence-corrected chi connectivity index (χ3v) is 7.16. The summed E-state index contributed by atoms with van der Waals surface area (Å²) in [5.41, 5.74) is 1.46. The zero-order chi connectivity index (χ0) is 21.1. The molecule has 0 bridgehead atoms. The summed E-state index contributed by atoms with van der Waals surface area (Å²) in [6.45, 7) is 5.24. The van der Waals surface area contributed by atoms with Crippen LogP contribution in [0.15, 0.2) is 41.3 Å². The Morgan fingerprint density at radius 1 is 1.10 bits per heavy atom. The molecule has 0 spiro atoms. The normalized spacial score (nSPS) is 17.9. The molecule has 0 radical (unpaired) electrons. The molecule has 1 fully saturated rings. The van der Waals surface area contributed by atoms with E-state index in [0.29, 0.717) is 63.0 Å². The molecule has 0 amide bonds. The number of hydrogen-bond donors (Lipinski definition) is 0. The molecule has 162 valence electrons. The molecule has 0 saturated carbocycles. The highest BCUT2D eigenvalue weighted by atomic mass is 32.2. The molecule has 7 nitrogen and oxygen atoms in total. The Morgan fingerprint density at radius 2 is 1.83 bits per heavy atom. The van der Waals surface area contributed by atoms with Gasteiger partial charge in [-0.05, 0) is 43.3 Å². The topological polar surface area (TPSA) is 68.3 Å². The number of piperazine rings is 1. The van der Waals surface area contributed by atoms with Crippen LogP contribution in [0.25, 0.3) is 0 Å². The number of rotatable bonds is 6. The average Bonchev–Trinajstić information content (AvgIpc) is 2.75. The van der Waals surface area contributed by atoms with E-state index in [1.165, 1.54) is 16.4 Å². The molecule has 4 rings (SSSR count). The highest BCUT2D eigenvalue weighted by molar-refractivity contribution is 7.89. The second kappa shape index (κ2) is 8.89. The van der Waals surface area contributed by atoms with E-state index in [1.54, 1.807) is 24.3 Å². The number of sulfonamides is 1. The fourth-order valence-corrected chi connectivity index (χ4v) is 5.19. The minimum Gasteiger partial charge on any atom is -0.494 e. The third kappa shape index (κ3) is 4.44. The van der Waals surface area contributed by atoms with Crippen LogP contribution in [-0.2, 0) is 27.9 Å².